The number of hydrogen-bond acceptors (Lipinski definition) is 4. The molecular formula is C14H17ClN4. The number of rotatable bonds is 4. The summed E-state index contributed by atoms with van der Waals surface area (Å²) in [4.78, 5) is 8.65. The minimum Gasteiger partial charge on any atom is -0.384 e. The number of benzene rings is 1. The second kappa shape index (κ2) is 5.89. The van der Waals surface area contributed by atoms with Crippen molar-refractivity contribution >= 4 is 28.9 Å². The summed E-state index contributed by atoms with van der Waals surface area (Å²) in [6.07, 6.45) is 1.80. The Balaban J connectivity index is 2.29. The first-order valence-electron chi connectivity index (χ1n) is 6.25. The van der Waals surface area contributed by atoms with Crippen LogP contribution in [0.2, 0.25) is 5.02 Å². The van der Waals surface area contributed by atoms with Gasteiger partial charge in [0.05, 0.1) is 0 Å². The van der Waals surface area contributed by atoms with Crippen LogP contribution in [0.15, 0.2) is 24.3 Å². The maximum atomic E-state index is 6.00. The van der Waals surface area contributed by atoms with Crippen LogP contribution in [0.4, 0.5) is 17.3 Å². The summed E-state index contributed by atoms with van der Waals surface area (Å²) in [5, 5.41) is 3.92. The van der Waals surface area contributed by atoms with Gasteiger partial charge in [-0.25, -0.2) is 9.97 Å². The average Bonchev–Trinajstić information content (AvgIpc) is 2.33. The molecule has 0 amide bonds. The van der Waals surface area contributed by atoms with Crippen LogP contribution >= 0.6 is 11.6 Å². The van der Waals surface area contributed by atoms with Gasteiger partial charge in [-0.3, -0.25) is 0 Å². The largest absolute Gasteiger partial charge is 0.384 e. The Morgan fingerprint density at radius 2 is 2.05 bits per heavy atom. The molecule has 0 aliphatic carbocycles. The number of nitrogens with zero attached hydrogens (tertiary/aromatic N) is 2. The third-order valence-corrected chi connectivity index (χ3v) is 2.96. The molecular weight excluding hydrogens is 260 g/mol. The van der Waals surface area contributed by atoms with Gasteiger partial charge in [0, 0.05) is 23.2 Å². The minimum absolute atomic E-state index is 0.473. The van der Waals surface area contributed by atoms with E-state index in [9.17, 15) is 0 Å². The predicted octanol–water partition coefficient (Wildman–Crippen LogP) is 3.72. The zero-order valence-corrected chi connectivity index (χ0v) is 11.8. The number of anilines is 3. The highest BCUT2D eigenvalue weighted by molar-refractivity contribution is 6.30. The number of halogens is 1. The summed E-state index contributed by atoms with van der Waals surface area (Å²) >= 11 is 6.00. The Labute approximate surface area is 118 Å². The van der Waals surface area contributed by atoms with E-state index in [-0.39, 0.29) is 0 Å². The fourth-order valence-electron chi connectivity index (χ4n) is 1.78. The van der Waals surface area contributed by atoms with Crippen LogP contribution in [-0.4, -0.2) is 9.97 Å². The third kappa shape index (κ3) is 3.58. The lowest BCUT2D eigenvalue weighted by Gasteiger charge is -2.10. The van der Waals surface area contributed by atoms with E-state index in [4.69, 9.17) is 17.3 Å². The van der Waals surface area contributed by atoms with Crippen molar-refractivity contribution in [2.75, 3.05) is 11.1 Å². The van der Waals surface area contributed by atoms with Crippen LogP contribution in [0, 0.1) is 6.92 Å². The molecule has 2 rings (SSSR count). The first-order chi connectivity index (χ1) is 9.08. The van der Waals surface area contributed by atoms with E-state index in [1.54, 1.807) is 6.07 Å². The Morgan fingerprint density at radius 3 is 2.79 bits per heavy atom. The zero-order valence-electron chi connectivity index (χ0n) is 11.1. The van der Waals surface area contributed by atoms with E-state index >= 15 is 0 Å². The second-order valence-electron chi connectivity index (χ2n) is 4.43. The van der Waals surface area contributed by atoms with E-state index in [1.165, 1.54) is 0 Å². The minimum atomic E-state index is 0.473. The number of aromatic nitrogens is 2. The summed E-state index contributed by atoms with van der Waals surface area (Å²) in [7, 11) is 0. The van der Waals surface area contributed by atoms with Crippen molar-refractivity contribution in [1.82, 2.24) is 9.97 Å². The summed E-state index contributed by atoms with van der Waals surface area (Å²) in [5.41, 5.74) is 7.81. The van der Waals surface area contributed by atoms with Gasteiger partial charge in [-0.15, -0.1) is 0 Å². The van der Waals surface area contributed by atoms with Crippen LogP contribution in [0.25, 0.3) is 0 Å². The molecule has 0 saturated carbocycles. The molecule has 0 atom stereocenters. The van der Waals surface area contributed by atoms with Crippen LogP contribution < -0.4 is 11.1 Å². The van der Waals surface area contributed by atoms with Gasteiger partial charge < -0.3 is 11.1 Å². The zero-order chi connectivity index (χ0) is 13.8. The second-order valence-corrected chi connectivity index (χ2v) is 4.86. The SMILES string of the molecule is CCCc1nc(N)cc(Nc2cc(Cl)ccc2C)n1. The van der Waals surface area contributed by atoms with Gasteiger partial charge in [-0.2, -0.15) is 0 Å². The summed E-state index contributed by atoms with van der Waals surface area (Å²) < 4.78 is 0. The van der Waals surface area contributed by atoms with Gasteiger partial charge in [-0.1, -0.05) is 24.6 Å². The van der Waals surface area contributed by atoms with Gasteiger partial charge in [-0.05, 0) is 31.0 Å². The van der Waals surface area contributed by atoms with E-state index < -0.39 is 0 Å². The molecule has 1 aromatic heterocycles. The van der Waals surface area contributed by atoms with Crippen LogP contribution in [0.1, 0.15) is 24.7 Å². The number of aryl methyl sites for hydroxylation is 2. The summed E-state index contributed by atoms with van der Waals surface area (Å²) in [6.45, 7) is 4.09. The monoisotopic (exact) mass is 276 g/mol. The molecule has 0 radical (unpaired) electrons. The van der Waals surface area contributed by atoms with Gasteiger partial charge in [0.2, 0.25) is 0 Å². The molecule has 0 unspecified atom stereocenters. The molecule has 1 heterocycles. The fourth-order valence-corrected chi connectivity index (χ4v) is 1.96. The highest BCUT2D eigenvalue weighted by Crippen LogP contribution is 2.24. The number of nitrogens with two attached hydrogens (primary N) is 1. The maximum absolute atomic E-state index is 6.00. The molecule has 2 aromatic rings. The normalized spacial score (nSPS) is 10.5. The van der Waals surface area contributed by atoms with Gasteiger partial charge in [0.15, 0.2) is 0 Å². The summed E-state index contributed by atoms with van der Waals surface area (Å²) in [5.74, 6) is 1.92. The van der Waals surface area contributed by atoms with E-state index in [0.717, 1.165) is 29.9 Å². The van der Waals surface area contributed by atoms with Crippen LogP contribution in [0.3, 0.4) is 0 Å². The highest BCUT2D eigenvalue weighted by Gasteiger charge is 2.05. The molecule has 0 bridgehead atoms. The predicted molar refractivity (Wildman–Crippen MR) is 79.9 cm³/mol. The van der Waals surface area contributed by atoms with E-state index in [1.807, 2.05) is 25.1 Å². The molecule has 0 fully saturated rings. The van der Waals surface area contributed by atoms with Crippen LogP contribution in [0.5, 0.6) is 0 Å². The van der Waals surface area contributed by atoms with Gasteiger partial charge >= 0.3 is 0 Å². The number of nitrogens with one attached hydrogen (secondary N) is 1. The first kappa shape index (κ1) is 13.6. The van der Waals surface area contributed by atoms with Crippen molar-refractivity contribution in [2.45, 2.75) is 26.7 Å². The molecule has 100 valence electrons. The van der Waals surface area contributed by atoms with Gasteiger partial charge in [0.1, 0.15) is 17.5 Å². The van der Waals surface area contributed by atoms with Gasteiger partial charge in [0.25, 0.3) is 0 Å². The van der Waals surface area contributed by atoms with Crippen molar-refractivity contribution < 1.29 is 0 Å². The maximum Gasteiger partial charge on any atom is 0.136 e. The van der Waals surface area contributed by atoms with Crippen molar-refractivity contribution in [3.8, 4) is 0 Å². The molecule has 0 saturated heterocycles. The Hall–Kier alpha value is -1.81. The molecule has 5 heteroatoms. The smallest absolute Gasteiger partial charge is 0.136 e. The topological polar surface area (TPSA) is 63.8 Å². The molecule has 3 N–H and O–H groups in total. The fraction of sp³-hybridized carbons (Fsp3) is 0.286. The van der Waals surface area contributed by atoms with E-state index in [0.29, 0.717) is 16.7 Å². The number of nitrogen functional groups attached to an aromatic ring is 1. The lowest BCUT2D eigenvalue weighted by molar-refractivity contribution is 0.839. The Bertz CT molecular complexity index is 584. The van der Waals surface area contributed by atoms with Crippen molar-refractivity contribution in [3.63, 3.8) is 0 Å². The van der Waals surface area contributed by atoms with Crippen molar-refractivity contribution in [1.29, 1.82) is 0 Å². The molecule has 1 aromatic carbocycles. The quantitative estimate of drug-likeness (QED) is 0.893. The van der Waals surface area contributed by atoms with Crippen molar-refractivity contribution in [2.24, 2.45) is 0 Å². The summed E-state index contributed by atoms with van der Waals surface area (Å²) in [6, 6.07) is 7.41. The Kier molecular flexibility index (Phi) is 4.22. The van der Waals surface area contributed by atoms with Crippen LogP contribution in [-0.2, 0) is 6.42 Å². The molecule has 4 nitrogen and oxygen atoms in total. The molecule has 19 heavy (non-hydrogen) atoms. The average molecular weight is 277 g/mol. The number of hydrogen-bond donors (Lipinski definition) is 2. The Morgan fingerprint density at radius 1 is 1.26 bits per heavy atom. The van der Waals surface area contributed by atoms with Crippen molar-refractivity contribution in [3.05, 3.63) is 40.7 Å². The molecule has 0 aliphatic heterocycles. The molecule has 0 aliphatic rings. The molecule has 0 spiro atoms. The third-order valence-electron chi connectivity index (χ3n) is 2.73. The lowest BCUT2D eigenvalue weighted by atomic mass is 10.2. The first-order valence-corrected chi connectivity index (χ1v) is 6.63. The highest BCUT2D eigenvalue weighted by atomic mass is 35.5. The lowest BCUT2D eigenvalue weighted by Crippen LogP contribution is -2.04. The van der Waals surface area contributed by atoms with E-state index in [2.05, 4.69) is 22.2 Å². The standard InChI is InChI=1S/C14H17ClN4/c1-3-4-13-18-12(16)8-14(19-13)17-11-7-10(15)6-5-9(11)2/h5-8H,3-4H2,1-2H3,(H3,16,17,18,19).